The van der Waals surface area contributed by atoms with Crippen LogP contribution in [0.25, 0.3) is 0 Å². The fourth-order valence-corrected chi connectivity index (χ4v) is 3.12. The molecule has 2 N–H and O–H groups in total. The summed E-state index contributed by atoms with van der Waals surface area (Å²) in [4.78, 5) is 28.1. The Morgan fingerprint density at radius 2 is 2.00 bits per heavy atom. The van der Waals surface area contributed by atoms with E-state index in [0.717, 1.165) is 4.88 Å². The molecule has 2 heterocycles. The SMILES string of the molecule is Cc1sc(NC(=O)c2cc(Cl)ncc2Cl)c(C(=O)O)c1C. The smallest absolute Gasteiger partial charge is 0.338 e. The van der Waals surface area contributed by atoms with Crippen LogP contribution in [0.15, 0.2) is 12.3 Å². The largest absolute Gasteiger partial charge is 0.478 e. The molecule has 0 aliphatic rings. The van der Waals surface area contributed by atoms with E-state index in [1.165, 1.54) is 23.6 Å². The first-order chi connectivity index (χ1) is 9.81. The second-order valence-electron chi connectivity index (χ2n) is 4.23. The van der Waals surface area contributed by atoms with Gasteiger partial charge in [-0.1, -0.05) is 23.2 Å². The first-order valence-electron chi connectivity index (χ1n) is 5.77. The number of carboxylic acids is 1. The highest BCUT2D eigenvalue weighted by Crippen LogP contribution is 2.33. The van der Waals surface area contributed by atoms with Gasteiger partial charge in [-0.25, -0.2) is 9.78 Å². The highest BCUT2D eigenvalue weighted by Gasteiger charge is 2.21. The molecule has 0 aliphatic heterocycles. The summed E-state index contributed by atoms with van der Waals surface area (Å²) in [5.41, 5.74) is 0.848. The number of aryl methyl sites for hydroxylation is 1. The van der Waals surface area contributed by atoms with Crippen molar-refractivity contribution in [2.75, 3.05) is 5.32 Å². The molecule has 5 nitrogen and oxygen atoms in total. The topological polar surface area (TPSA) is 79.3 Å². The quantitative estimate of drug-likeness (QED) is 0.824. The molecule has 8 heteroatoms. The van der Waals surface area contributed by atoms with Gasteiger partial charge in [-0.15, -0.1) is 11.3 Å². The highest BCUT2D eigenvalue weighted by molar-refractivity contribution is 7.16. The summed E-state index contributed by atoms with van der Waals surface area (Å²) in [7, 11) is 0. The van der Waals surface area contributed by atoms with Crippen LogP contribution in [0.1, 0.15) is 31.2 Å². The number of aromatic nitrogens is 1. The molecule has 0 saturated heterocycles. The van der Waals surface area contributed by atoms with E-state index in [1.54, 1.807) is 13.8 Å². The van der Waals surface area contributed by atoms with Crippen LogP contribution in [0.2, 0.25) is 10.2 Å². The van der Waals surface area contributed by atoms with Crippen molar-refractivity contribution in [3.8, 4) is 0 Å². The van der Waals surface area contributed by atoms with Gasteiger partial charge in [0.15, 0.2) is 0 Å². The molecule has 0 radical (unpaired) electrons. The Morgan fingerprint density at radius 3 is 2.62 bits per heavy atom. The number of nitrogens with zero attached hydrogens (tertiary/aromatic N) is 1. The number of aromatic carboxylic acids is 1. The van der Waals surface area contributed by atoms with Crippen molar-refractivity contribution in [1.82, 2.24) is 4.98 Å². The van der Waals surface area contributed by atoms with E-state index in [1.807, 2.05) is 0 Å². The molecule has 2 aromatic heterocycles. The molecule has 2 aromatic rings. The summed E-state index contributed by atoms with van der Waals surface area (Å²) in [5.74, 6) is -1.63. The molecular formula is C13H10Cl2N2O3S. The Bertz CT molecular complexity index is 743. The van der Waals surface area contributed by atoms with Crippen LogP contribution < -0.4 is 5.32 Å². The molecule has 2 rings (SSSR count). The van der Waals surface area contributed by atoms with E-state index in [2.05, 4.69) is 10.3 Å². The Labute approximate surface area is 134 Å². The second kappa shape index (κ2) is 6.01. The lowest BCUT2D eigenvalue weighted by Crippen LogP contribution is -2.14. The lowest BCUT2D eigenvalue weighted by molar-refractivity contribution is 0.0697. The van der Waals surface area contributed by atoms with E-state index < -0.39 is 11.9 Å². The van der Waals surface area contributed by atoms with E-state index >= 15 is 0 Å². The molecule has 0 spiro atoms. The summed E-state index contributed by atoms with van der Waals surface area (Å²) in [6.07, 6.45) is 1.27. The molecule has 0 fully saturated rings. The zero-order chi connectivity index (χ0) is 15.7. The summed E-state index contributed by atoms with van der Waals surface area (Å²) in [6, 6.07) is 1.33. The third kappa shape index (κ3) is 3.18. The molecular weight excluding hydrogens is 335 g/mol. The van der Waals surface area contributed by atoms with Crippen LogP contribution in [0, 0.1) is 13.8 Å². The summed E-state index contributed by atoms with van der Waals surface area (Å²) < 4.78 is 0. The minimum absolute atomic E-state index is 0.0853. The van der Waals surface area contributed by atoms with Crippen LogP contribution in [0.4, 0.5) is 5.00 Å². The number of hydrogen-bond donors (Lipinski definition) is 2. The number of halogens is 2. The molecule has 0 bridgehead atoms. The number of thiophene rings is 1. The van der Waals surface area contributed by atoms with Gasteiger partial charge >= 0.3 is 5.97 Å². The van der Waals surface area contributed by atoms with Gasteiger partial charge in [0.1, 0.15) is 10.2 Å². The van der Waals surface area contributed by atoms with Crippen LogP contribution in [0.5, 0.6) is 0 Å². The Morgan fingerprint density at radius 1 is 1.33 bits per heavy atom. The van der Waals surface area contributed by atoms with Crippen LogP contribution in [-0.2, 0) is 0 Å². The Hall–Kier alpha value is -1.63. The minimum Gasteiger partial charge on any atom is -0.478 e. The average molecular weight is 345 g/mol. The number of carboxylic acid groups (broad SMARTS) is 1. The summed E-state index contributed by atoms with van der Waals surface area (Å²) in [6.45, 7) is 3.49. The Balaban J connectivity index is 2.38. The number of hydrogen-bond acceptors (Lipinski definition) is 4. The van der Waals surface area contributed by atoms with Gasteiger partial charge < -0.3 is 10.4 Å². The molecule has 0 saturated carbocycles. The van der Waals surface area contributed by atoms with Crippen molar-refractivity contribution >= 4 is 51.4 Å². The molecule has 0 aromatic carbocycles. The maximum absolute atomic E-state index is 12.2. The number of nitrogens with one attached hydrogen (secondary N) is 1. The number of rotatable bonds is 3. The van der Waals surface area contributed by atoms with Crippen molar-refractivity contribution in [1.29, 1.82) is 0 Å². The van der Waals surface area contributed by atoms with E-state index in [-0.39, 0.29) is 26.3 Å². The van der Waals surface area contributed by atoms with Gasteiger partial charge in [0.25, 0.3) is 5.91 Å². The number of pyridine rings is 1. The van der Waals surface area contributed by atoms with Gasteiger partial charge in [-0.2, -0.15) is 0 Å². The monoisotopic (exact) mass is 344 g/mol. The van der Waals surface area contributed by atoms with Crippen molar-refractivity contribution in [3.63, 3.8) is 0 Å². The van der Waals surface area contributed by atoms with Gasteiger partial charge in [-0.05, 0) is 25.5 Å². The first kappa shape index (κ1) is 15.8. The minimum atomic E-state index is -1.09. The lowest BCUT2D eigenvalue weighted by Gasteiger charge is -2.06. The predicted molar refractivity (Wildman–Crippen MR) is 83.0 cm³/mol. The number of amides is 1. The van der Waals surface area contributed by atoms with Crippen molar-refractivity contribution < 1.29 is 14.7 Å². The van der Waals surface area contributed by atoms with Gasteiger partial charge in [-0.3, -0.25) is 4.79 Å². The van der Waals surface area contributed by atoms with E-state index in [4.69, 9.17) is 23.2 Å². The van der Waals surface area contributed by atoms with Crippen molar-refractivity contribution in [2.24, 2.45) is 0 Å². The Kier molecular flexibility index (Phi) is 4.51. The van der Waals surface area contributed by atoms with Crippen LogP contribution >= 0.6 is 34.5 Å². The zero-order valence-electron chi connectivity index (χ0n) is 11.0. The van der Waals surface area contributed by atoms with Gasteiger partial charge in [0, 0.05) is 11.1 Å². The molecule has 0 unspecified atom stereocenters. The average Bonchev–Trinajstić information content (AvgIpc) is 2.67. The zero-order valence-corrected chi connectivity index (χ0v) is 13.4. The van der Waals surface area contributed by atoms with Crippen molar-refractivity contribution in [3.05, 3.63) is 44.0 Å². The fourth-order valence-electron chi connectivity index (χ4n) is 1.73. The third-order valence-electron chi connectivity index (χ3n) is 2.89. The second-order valence-corrected chi connectivity index (χ2v) is 6.25. The van der Waals surface area contributed by atoms with Gasteiger partial charge in [0.2, 0.25) is 0 Å². The summed E-state index contributed by atoms with van der Waals surface area (Å²) in [5, 5.41) is 12.3. The molecule has 21 heavy (non-hydrogen) atoms. The molecule has 1 amide bonds. The predicted octanol–water partition coefficient (Wildman–Crippen LogP) is 4.02. The maximum atomic E-state index is 12.2. The van der Waals surface area contributed by atoms with E-state index in [9.17, 15) is 14.7 Å². The molecule has 110 valence electrons. The van der Waals surface area contributed by atoms with E-state index in [0.29, 0.717) is 5.56 Å². The van der Waals surface area contributed by atoms with Crippen molar-refractivity contribution in [2.45, 2.75) is 13.8 Å². The summed E-state index contributed by atoms with van der Waals surface area (Å²) >= 11 is 12.8. The van der Waals surface area contributed by atoms with Gasteiger partial charge in [0.05, 0.1) is 16.1 Å². The van der Waals surface area contributed by atoms with Crippen LogP contribution in [-0.4, -0.2) is 22.0 Å². The highest BCUT2D eigenvalue weighted by atomic mass is 35.5. The number of anilines is 1. The third-order valence-corrected chi connectivity index (χ3v) is 4.52. The number of carbonyl (C=O) groups is 2. The molecule has 0 atom stereocenters. The normalized spacial score (nSPS) is 10.5. The standard InChI is InChI=1S/C13H10Cl2N2O3S/c1-5-6(2)21-12(10(5)13(19)20)17-11(18)7-3-9(15)16-4-8(7)14/h3-4H,1-2H3,(H,17,18)(H,19,20). The lowest BCUT2D eigenvalue weighted by atomic mass is 10.1. The maximum Gasteiger partial charge on any atom is 0.338 e. The first-order valence-corrected chi connectivity index (χ1v) is 7.34. The molecule has 0 aliphatic carbocycles. The fraction of sp³-hybridized carbons (Fsp3) is 0.154. The number of carbonyl (C=O) groups excluding carboxylic acids is 1. The van der Waals surface area contributed by atoms with Crippen LogP contribution in [0.3, 0.4) is 0 Å².